The number of likely N-dealkylation sites (N-methyl/N-ethyl adjacent to an activating group) is 2. The molecule has 2 N–H and O–H groups in total. The lowest BCUT2D eigenvalue weighted by Crippen LogP contribution is -2.30. The molecule has 1 atom stereocenters. The maximum Gasteiger partial charge on any atom is 0.254 e. The molecular weight excluding hydrogens is 536 g/mol. The van der Waals surface area contributed by atoms with E-state index in [0.717, 1.165) is 55.3 Å². The van der Waals surface area contributed by atoms with Crippen molar-refractivity contribution in [3.63, 3.8) is 0 Å². The second-order valence-corrected chi connectivity index (χ2v) is 11.1. The van der Waals surface area contributed by atoms with E-state index in [4.69, 9.17) is 4.74 Å². The molecular formula is C35H54N6O2. The van der Waals surface area contributed by atoms with Gasteiger partial charge in [-0.05, 0) is 69.5 Å². The molecule has 0 aromatic carbocycles. The van der Waals surface area contributed by atoms with Crippen molar-refractivity contribution in [2.75, 3.05) is 61.5 Å². The Morgan fingerprint density at radius 2 is 1.93 bits per heavy atom. The second kappa shape index (κ2) is 17.5. The number of pyridine rings is 1. The smallest absolute Gasteiger partial charge is 0.254 e. The lowest BCUT2D eigenvalue weighted by atomic mass is 9.99. The topological polar surface area (TPSA) is 73.0 Å². The number of hydrogen-bond donors (Lipinski definition) is 2. The molecule has 1 aromatic heterocycles. The largest absolute Gasteiger partial charge is 0.388 e. The molecule has 2 aliphatic rings. The Morgan fingerprint density at radius 1 is 1.21 bits per heavy atom. The molecule has 0 radical (unpaired) electrons. The summed E-state index contributed by atoms with van der Waals surface area (Å²) in [5.74, 6) is -0.0202. The summed E-state index contributed by atoms with van der Waals surface area (Å²) in [7, 11) is 9.28. The van der Waals surface area contributed by atoms with E-state index in [1.807, 2.05) is 59.2 Å². The Balaban J connectivity index is 0.00000316. The molecule has 8 heteroatoms. The molecule has 8 nitrogen and oxygen atoms in total. The molecule has 2 aliphatic heterocycles. The molecule has 0 aliphatic carbocycles. The maximum atomic E-state index is 12.3. The summed E-state index contributed by atoms with van der Waals surface area (Å²) < 4.78 is 5.35. The Bertz CT molecular complexity index is 1280. The number of aromatic nitrogens is 1. The van der Waals surface area contributed by atoms with Crippen LogP contribution in [0.15, 0.2) is 77.1 Å². The summed E-state index contributed by atoms with van der Waals surface area (Å²) in [5.41, 5.74) is 9.82. The first-order valence-corrected chi connectivity index (χ1v) is 15.3. The number of nitrogens with zero attached hydrogens (tertiary/aromatic N) is 4. The number of allylic oxidation sites excluding steroid dienone is 3. The van der Waals surface area contributed by atoms with Crippen LogP contribution in [0.1, 0.15) is 62.7 Å². The van der Waals surface area contributed by atoms with Gasteiger partial charge >= 0.3 is 0 Å². The van der Waals surface area contributed by atoms with Gasteiger partial charge < -0.3 is 25.2 Å². The van der Waals surface area contributed by atoms with Gasteiger partial charge in [0.2, 0.25) is 0 Å². The molecule has 0 fully saturated rings. The first-order valence-electron chi connectivity index (χ1n) is 15.3. The van der Waals surface area contributed by atoms with Crippen LogP contribution in [-0.4, -0.2) is 93.2 Å². The van der Waals surface area contributed by atoms with Crippen molar-refractivity contribution in [2.45, 2.75) is 54.1 Å². The highest BCUT2D eigenvalue weighted by atomic mass is 16.5. The van der Waals surface area contributed by atoms with E-state index in [1.165, 1.54) is 22.4 Å². The molecule has 1 unspecified atom stereocenters. The predicted octanol–water partition coefficient (Wildman–Crippen LogP) is 5.50. The number of carbonyl (C=O) groups is 1. The first kappa shape index (κ1) is 35.6. The Labute approximate surface area is 260 Å². The van der Waals surface area contributed by atoms with Gasteiger partial charge in [-0.3, -0.25) is 14.7 Å². The van der Waals surface area contributed by atoms with Crippen LogP contribution < -0.4 is 10.6 Å². The molecule has 0 saturated heterocycles. The summed E-state index contributed by atoms with van der Waals surface area (Å²) >= 11 is 0. The minimum absolute atomic E-state index is 0.0202. The molecule has 0 saturated carbocycles. The van der Waals surface area contributed by atoms with Crippen molar-refractivity contribution in [3.8, 4) is 0 Å². The molecule has 1 amide bonds. The monoisotopic (exact) mass is 590 g/mol. The van der Waals surface area contributed by atoms with Crippen molar-refractivity contribution in [3.05, 3.63) is 93.9 Å². The Morgan fingerprint density at radius 3 is 2.51 bits per heavy atom. The average Bonchev–Trinajstić information content (AvgIpc) is 3.00. The zero-order chi connectivity index (χ0) is 32.1. The van der Waals surface area contributed by atoms with Gasteiger partial charge in [-0.1, -0.05) is 31.6 Å². The first-order chi connectivity index (χ1) is 20.5. The third kappa shape index (κ3) is 10.3. The maximum absolute atomic E-state index is 12.3. The van der Waals surface area contributed by atoms with Crippen LogP contribution in [0.25, 0.3) is 5.57 Å². The highest BCUT2D eigenvalue weighted by Crippen LogP contribution is 2.26. The van der Waals surface area contributed by atoms with Crippen LogP contribution in [0, 0.1) is 6.92 Å². The van der Waals surface area contributed by atoms with Crippen LogP contribution >= 0.6 is 0 Å². The Kier molecular flexibility index (Phi) is 14.5. The summed E-state index contributed by atoms with van der Waals surface area (Å²) in [5, 5.41) is 6.72. The standard InChI is InChI=1S/C33H48N6O2.C2H6/c1-23(18-30-26(4)38(8)15-13-31(30)35-14-10-29(34-5)20-25(3)41-9)22-39-16-11-27(12-17-39)32-24(2)19-28(21-36-32)33(40)37(6)7;1-2/h10-11,13-14,18-21,25,34-35H,12,15-17,22H2,1-9H3;1-2H3/b14-10-,23-18+,29-20+;. The zero-order valence-electron chi connectivity index (χ0n) is 28.3. The number of methoxy groups -OCH3 is 1. The van der Waals surface area contributed by atoms with E-state index in [1.54, 1.807) is 32.3 Å². The molecule has 43 heavy (non-hydrogen) atoms. The fourth-order valence-corrected chi connectivity index (χ4v) is 4.96. The van der Waals surface area contributed by atoms with E-state index < -0.39 is 0 Å². The van der Waals surface area contributed by atoms with Crippen molar-refractivity contribution in [2.24, 2.45) is 0 Å². The number of aryl methyl sites for hydroxylation is 1. The number of rotatable bonds is 11. The van der Waals surface area contributed by atoms with Gasteiger partial charge in [0.1, 0.15) is 0 Å². The quantitative estimate of drug-likeness (QED) is 0.330. The van der Waals surface area contributed by atoms with Gasteiger partial charge in [-0.2, -0.15) is 0 Å². The summed E-state index contributed by atoms with van der Waals surface area (Å²) in [4.78, 5) is 23.3. The van der Waals surface area contributed by atoms with Crippen molar-refractivity contribution in [1.29, 1.82) is 0 Å². The van der Waals surface area contributed by atoms with Gasteiger partial charge in [0.25, 0.3) is 5.91 Å². The lowest BCUT2D eigenvalue weighted by molar-refractivity contribution is 0.0827. The molecule has 236 valence electrons. The minimum atomic E-state index is -0.0202. The summed E-state index contributed by atoms with van der Waals surface area (Å²) in [6, 6.07) is 1.95. The van der Waals surface area contributed by atoms with E-state index in [2.05, 4.69) is 64.5 Å². The highest BCUT2D eigenvalue weighted by molar-refractivity contribution is 5.94. The summed E-state index contributed by atoms with van der Waals surface area (Å²) in [6.07, 6.45) is 15.6. The van der Waals surface area contributed by atoms with E-state index >= 15 is 0 Å². The van der Waals surface area contributed by atoms with Crippen LogP contribution in [0.2, 0.25) is 0 Å². The lowest BCUT2D eigenvalue weighted by Gasteiger charge is -2.29. The number of nitrogens with one attached hydrogen (secondary N) is 2. The molecule has 0 spiro atoms. The van der Waals surface area contributed by atoms with Crippen molar-refractivity contribution in [1.82, 2.24) is 30.3 Å². The molecule has 3 rings (SSSR count). The van der Waals surface area contributed by atoms with E-state index in [9.17, 15) is 4.79 Å². The number of carbonyl (C=O) groups excluding carboxylic acids is 1. The average molecular weight is 591 g/mol. The minimum Gasteiger partial charge on any atom is -0.388 e. The van der Waals surface area contributed by atoms with Crippen LogP contribution in [0.3, 0.4) is 0 Å². The van der Waals surface area contributed by atoms with Gasteiger partial charge in [0.05, 0.1) is 17.4 Å². The molecule has 3 heterocycles. The third-order valence-electron chi connectivity index (χ3n) is 7.59. The fourth-order valence-electron chi connectivity index (χ4n) is 4.96. The van der Waals surface area contributed by atoms with E-state index in [-0.39, 0.29) is 12.0 Å². The number of hydrogen-bond acceptors (Lipinski definition) is 7. The van der Waals surface area contributed by atoms with Crippen LogP contribution in [-0.2, 0) is 4.74 Å². The highest BCUT2D eigenvalue weighted by Gasteiger charge is 2.19. The Hall–Kier alpha value is -3.62. The molecule has 1 aromatic rings. The predicted molar refractivity (Wildman–Crippen MR) is 180 cm³/mol. The van der Waals surface area contributed by atoms with E-state index in [0.29, 0.717) is 5.56 Å². The second-order valence-electron chi connectivity index (χ2n) is 11.1. The van der Waals surface area contributed by atoms with Crippen molar-refractivity contribution < 1.29 is 9.53 Å². The SMILES string of the molecule is CC.CNC(/C=C\NC1=CCN(C)C(C)=C1/C=C(\C)CN1CC=C(c2ncc(C(=O)N(C)C)cc2C)CC1)=C/C(C)OC. The van der Waals surface area contributed by atoms with Crippen LogP contribution in [0.4, 0.5) is 0 Å². The van der Waals surface area contributed by atoms with Gasteiger partial charge in [-0.15, -0.1) is 0 Å². The van der Waals surface area contributed by atoms with Gasteiger partial charge in [0.15, 0.2) is 0 Å². The van der Waals surface area contributed by atoms with Crippen LogP contribution in [0.5, 0.6) is 0 Å². The van der Waals surface area contributed by atoms with Gasteiger partial charge in [0, 0.05) is 96.5 Å². The normalized spacial score (nSPS) is 17.2. The van der Waals surface area contributed by atoms with Crippen molar-refractivity contribution >= 4 is 11.5 Å². The number of amides is 1. The summed E-state index contributed by atoms with van der Waals surface area (Å²) in [6.45, 7) is 16.1. The zero-order valence-corrected chi connectivity index (χ0v) is 28.3. The fraction of sp³-hybridized carbons (Fsp3) is 0.486. The third-order valence-corrected chi connectivity index (χ3v) is 7.59. The van der Waals surface area contributed by atoms with Gasteiger partial charge in [-0.25, -0.2) is 0 Å². The number of ether oxygens (including phenoxy) is 1. The molecule has 0 bridgehead atoms.